The fourth-order valence-electron chi connectivity index (χ4n) is 5.40. The Balaban J connectivity index is 1.77. The molecule has 3 heterocycles. The highest BCUT2D eigenvalue weighted by Crippen LogP contribution is 2.38. The van der Waals surface area contributed by atoms with Gasteiger partial charge in [-0.05, 0) is 22.5 Å². The summed E-state index contributed by atoms with van der Waals surface area (Å²) in [5.41, 5.74) is 1.84. The highest BCUT2D eigenvalue weighted by atomic mass is 28.3. The molecule has 6 aromatic rings. The topological polar surface area (TPSA) is 26.3 Å². The lowest BCUT2D eigenvalue weighted by Crippen LogP contribution is -2.72. The quantitative estimate of drug-likeness (QED) is 0.388. The van der Waals surface area contributed by atoms with E-state index in [0.29, 0.717) is 0 Å². The van der Waals surface area contributed by atoms with Gasteiger partial charge in [0.2, 0.25) is 0 Å². The van der Waals surface area contributed by atoms with Gasteiger partial charge >= 0.3 is 0 Å². The number of hydrogen-bond donors (Lipinski definition) is 0. The van der Waals surface area contributed by atoms with E-state index in [-0.39, 0.29) is 0 Å². The van der Waals surface area contributed by atoms with Gasteiger partial charge < -0.3 is 8.83 Å². The molecule has 0 saturated carbocycles. The van der Waals surface area contributed by atoms with E-state index < -0.39 is 8.07 Å². The zero-order valence-corrected chi connectivity index (χ0v) is 17.7. The van der Waals surface area contributed by atoms with E-state index in [9.17, 15) is 0 Å². The van der Waals surface area contributed by atoms with Gasteiger partial charge in [0.15, 0.2) is 19.6 Å². The van der Waals surface area contributed by atoms with Crippen LogP contribution in [0.5, 0.6) is 0 Å². The van der Waals surface area contributed by atoms with Crippen molar-refractivity contribution < 1.29 is 8.83 Å². The van der Waals surface area contributed by atoms with Crippen LogP contribution >= 0.6 is 0 Å². The summed E-state index contributed by atoms with van der Waals surface area (Å²) in [5, 5.41) is 7.68. The third kappa shape index (κ3) is 2.06. The molecule has 0 fully saturated rings. The van der Waals surface area contributed by atoms with Gasteiger partial charge in [-0.2, -0.15) is 0 Å². The van der Waals surface area contributed by atoms with E-state index in [0.717, 1.165) is 22.7 Å². The zero-order valence-electron chi connectivity index (χ0n) is 16.7. The highest BCUT2D eigenvalue weighted by Gasteiger charge is 2.55. The molecule has 31 heavy (non-hydrogen) atoms. The van der Waals surface area contributed by atoms with Gasteiger partial charge in [-0.3, -0.25) is 0 Å². The van der Waals surface area contributed by atoms with E-state index in [4.69, 9.17) is 8.83 Å². The monoisotopic (exact) mass is 414 g/mol. The SMILES string of the molecule is c1ccc([Si]2(c3ccccc3)c3c(oc4ccccc34)-c3oc4ccccc4c32)cc1. The Kier molecular flexibility index (Phi) is 3.33. The number of fused-ring (bicyclic) bond motifs is 7. The summed E-state index contributed by atoms with van der Waals surface area (Å²) in [7, 11) is -2.64. The Morgan fingerprint density at radius 3 is 1.26 bits per heavy atom. The Hall–Kier alpha value is -3.82. The molecule has 0 spiro atoms. The van der Waals surface area contributed by atoms with E-state index >= 15 is 0 Å². The van der Waals surface area contributed by atoms with Gasteiger partial charge in [0, 0.05) is 21.1 Å². The van der Waals surface area contributed by atoms with Crippen molar-refractivity contribution in [3.05, 3.63) is 109 Å². The van der Waals surface area contributed by atoms with Gasteiger partial charge in [-0.15, -0.1) is 0 Å². The molecular weight excluding hydrogens is 396 g/mol. The van der Waals surface area contributed by atoms with E-state index in [1.54, 1.807) is 0 Å². The molecule has 0 aliphatic carbocycles. The van der Waals surface area contributed by atoms with Crippen LogP contribution in [0.2, 0.25) is 0 Å². The minimum atomic E-state index is -2.64. The number of para-hydroxylation sites is 2. The van der Waals surface area contributed by atoms with Crippen LogP contribution < -0.4 is 20.7 Å². The Labute approximate surface area is 180 Å². The molecule has 1 aliphatic heterocycles. The van der Waals surface area contributed by atoms with Crippen molar-refractivity contribution in [1.82, 2.24) is 0 Å². The van der Waals surface area contributed by atoms with Crippen LogP contribution in [0.1, 0.15) is 0 Å². The molecule has 4 aromatic carbocycles. The lowest BCUT2D eigenvalue weighted by atomic mass is 10.2. The minimum Gasteiger partial charge on any atom is -0.453 e. The molecule has 0 N–H and O–H groups in total. The molecule has 0 radical (unpaired) electrons. The molecule has 0 saturated heterocycles. The van der Waals surface area contributed by atoms with Gasteiger partial charge in [-0.25, -0.2) is 0 Å². The molecule has 2 aromatic heterocycles. The van der Waals surface area contributed by atoms with E-state index in [2.05, 4.69) is 97.1 Å². The van der Waals surface area contributed by atoms with Crippen LogP contribution in [-0.4, -0.2) is 8.07 Å². The maximum Gasteiger partial charge on any atom is 0.190 e. The van der Waals surface area contributed by atoms with Crippen LogP contribution in [0.15, 0.2) is 118 Å². The van der Waals surface area contributed by atoms with Crippen molar-refractivity contribution in [2.24, 2.45) is 0 Å². The molecule has 0 amide bonds. The summed E-state index contributed by atoms with van der Waals surface area (Å²) < 4.78 is 13.0. The highest BCUT2D eigenvalue weighted by molar-refractivity contribution is 7.23. The van der Waals surface area contributed by atoms with Crippen molar-refractivity contribution in [3.8, 4) is 11.5 Å². The first-order valence-corrected chi connectivity index (χ1v) is 12.5. The first kappa shape index (κ1) is 16.9. The van der Waals surface area contributed by atoms with Crippen LogP contribution in [0, 0.1) is 0 Å². The average molecular weight is 415 g/mol. The second-order valence-electron chi connectivity index (χ2n) is 8.09. The van der Waals surface area contributed by atoms with E-state index in [1.807, 2.05) is 12.1 Å². The maximum absolute atomic E-state index is 6.51. The standard InChI is InChI=1S/C28H18O2Si/c1-3-11-19(12-4-1)31(20-13-5-2-6-14-20)27-21-15-7-9-17-23(21)29-25(27)26-28(31)22-16-8-10-18-24(22)30-26/h1-18H. The fraction of sp³-hybridized carbons (Fsp3) is 0. The number of furan rings is 2. The first-order chi connectivity index (χ1) is 15.4. The van der Waals surface area contributed by atoms with Crippen molar-refractivity contribution in [3.63, 3.8) is 0 Å². The van der Waals surface area contributed by atoms with Crippen molar-refractivity contribution >= 4 is 50.8 Å². The number of benzene rings is 4. The summed E-state index contributed by atoms with van der Waals surface area (Å²) >= 11 is 0. The largest absolute Gasteiger partial charge is 0.453 e. The molecule has 2 nitrogen and oxygen atoms in total. The Morgan fingerprint density at radius 1 is 0.419 bits per heavy atom. The third-order valence-corrected chi connectivity index (χ3v) is 11.5. The van der Waals surface area contributed by atoms with Gasteiger partial charge in [0.05, 0.1) is 0 Å². The van der Waals surface area contributed by atoms with Crippen LogP contribution in [0.4, 0.5) is 0 Å². The number of hydrogen-bond acceptors (Lipinski definition) is 2. The average Bonchev–Trinajstić information content (AvgIpc) is 3.48. The molecule has 7 rings (SSSR count). The van der Waals surface area contributed by atoms with Crippen LogP contribution in [0.3, 0.4) is 0 Å². The van der Waals surface area contributed by atoms with Crippen LogP contribution in [0.25, 0.3) is 33.5 Å². The molecule has 0 unspecified atom stereocenters. The smallest absolute Gasteiger partial charge is 0.190 e. The summed E-state index contributed by atoms with van der Waals surface area (Å²) in [6.45, 7) is 0. The predicted octanol–water partition coefficient (Wildman–Crippen LogP) is 4.54. The molecule has 1 aliphatic rings. The molecular formula is C28H18O2Si. The van der Waals surface area contributed by atoms with Gasteiger partial charge in [0.1, 0.15) is 11.2 Å². The summed E-state index contributed by atoms with van der Waals surface area (Å²) in [5.74, 6) is 1.79. The first-order valence-electron chi connectivity index (χ1n) is 10.5. The predicted molar refractivity (Wildman–Crippen MR) is 129 cm³/mol. The summed E-state index contributed by atoms with van der Waals surface area (Å²) in [4.78, 5) is 0. The minimum absolute atomic E-state index is 0.895. The lowest BCUT2D eigenvalue weighted by molar-refractivity contribution is 0.574. The lowest BCUT2D eigenvalue weighted by Gasteiger charge is -2.29. The van der Waals surface area contributed by atoms with E-state index in [1.165, 1.54) is 31.5 Å². The van der Waals surface area contributed by atoms with Gasteiger partial charge in [0.25, 0.3) is 0 Å². The summed E-state index contributed by atoms with van der Waals surface area (Å²) in [6.07, 6.45) is 0. The second kappa shape index (κ2) is 6.09. The number of rotatable bonds is 2. The molecule has 146 valence electrons. The third-order valence-electron chi connectivity index (χ3n) is 6.56. The van der Waals surface area contributed by atoms with Crippen molar-refractivity contribution in [2.45, 2.75) is 0 Å². The molecule has 3 heteroatoms. The Morgan fingerprint density at radius 2 is 0.806 bits per heavy atom. The maximum atomic E-state index is 6.51. The van der Waals surface area contributed by atoms with Crippen LogP contribution in [-0.2, 0) is 0 Å². The normalized spacial score (nSPS) is 14.1. The van der Waals surface area contributed by atoms with Gasteiger partial charge in [-0.1, -0.05) is 97.1 Å². The molecule has 0 bridgehead atoms. The summed E-state index contributed by atoms with van der Waals surface area (Å²) in [6, 6.07) is 38.7. The van der Waals surface area contributed by atoms with Crippen molar-refractivity contribution in [1.29, 1.82) is 0 Å². The molecule has 0 atom stereocenters. The fourth-order valence-corrected chi connectivity index (χ4v) is 10.8. The second-order valence-corrected chi connectivity index (χ2v) is 11.7. The zero-order chi connectivity index (χ0) is 20.4. The Bertz CT molecular complexity index is 1450. The van der Waals surface area contributed by atoms with Crippen molar-refractivity contribution in [2.75, 3.05) is 0 Å².